The number of aliphatic hydroxyl groups excluding tert-OH is 2. The van der Waals surface area contributed by atoms with Crippen molar-refractivity contribution in [1.29, 1.82) is 0 Å². The van der Waals surface area contributed by atoms with Crippen LogP contribution in [0, 0.1) is 0 Å². The normalized spacial score (nSPS) is 23.2. The fourth-order valence-electron chi connectivity index (χ4n) is 3.01. The molecule has 2 rings (SSSR count). The maximum absolute atomic E-state index is 12.3. The van der Waals surface area contributed by atoms with E-state index in [-0.39, 0.29) is 25.7 Å². The van der Waals surface area contributed by atoms with E-state index >= 15 is 0 Å². The summed E-state index contributed by atoms with van der Waals surface area (Å²) in [5.74, 6) is 0.597. The number of benzene rings is 1. The van der Waals surface area contributed by atoms with Crippen molar-refractivity contribution in [3.05, 3.63) is 29.8 Å². The van der Waals surface area contributed by atoms with Gasteiger partial charge < -0.3 is 29.9 Å². The van der Waals surface area contributed by atoms with Crippen LogP contribution in [0.5, 0.6) is 5.75 Å². The molecule has 1 amide bonds. The lowest BCUT2D eigenvalue weighted by Crippen LogP contribution is -2.46. The van der Waals surface area contributed by atoms with Gasteiger partial charge in [-0.3, -0.25) is 0 Å². The molecule has 1 aromatic rings. The van der Waals surface area contributed by atoms with Crippen LogP contribution < -0.4 is 10.1 Å². The molecule has 1 heterocycles. The third-order valence-corrected chi connectivity index (χ3v) is 4.32. The number of β-amino-alcohol motifs (C(OH)–C–C–N with tert-alkyl or cyclic N) is 2. The number of carbonyl (C=O) groups is 1. The Morgan fingerprint density at radius 2 is 1.93 bits per heavy atom. The minimum Gasteiger partial charge on any atom is -0.491 e. The predicted octanol–water partition coefficient (Wildman–Crippen LogP) is 1.86. The zero-order valence-electron chi connectivity index (χ0n) is 16.7. The molecule has 0 aliphatic carbocycles. The second-order valence-electron chi connectivity index (χ2n) is 8.01. The SMILES string of the molecule is CC(C)(C)OC(=O)N1C[C@H](O)C[C@@H](NCc2ccc(OCCF)cc2)[C@H](O)C1. The van der Waals surface area contributed by atoms with Gasteiger partial charge in [-0.15, -0.1) is 0 Å². The first kappa shape index (κ1) is 22.4. The van der Waals surface area contributed by atoms with Gasteiger partial charge >= 0.3 is 6.09 Å². The average molecular weight is 398 g/mol. The summed E-state index contributed by atoms with van der Waals surface area (Å²) in [4.78, 5) is 13.6. The second-order valence-corrected chi connectivity index (χ2v) is 8.01. The Labute approximate surface area is 165 Å². The molecule has 8 heteroatoms. The molecule has 1 saturated heterocycles. The van der Waals surface area contributed by atoms with Crippen molar-refractivity contribution in [2.24, 2.45) is 0 Å². The fourth-order valence-corrected chi connectivity index (χ4v) is 3.01. The van der Waals surface area contributed by atoms with Gasteiger partial charge in [-0.1, -0.05) is 12.1 Å². The molecule has 1 aliphatic heterocycles. The van der Waals surface area contributed by atoms with Crippen molar-refractivity contribution in [3.63, 3.8) is 0 Å². The van der Waals surface area contributed by atoms with E-state index in [0.29, 0.717) is 18.7 Å². The number of hydrogen-bond donors (Lipinski definition) is 3. The van der Waals surface area contributed by atoms with Gasteiger partial charge in [0.15, 0.2) is 0 Å². The Hall–Kier alpha value is -1.90. The van der Waals surface area contributed by atoms with E-state index in [2.05, 4.69) is 5.32 Å². The van der Waals surface area contributed by atoms with E-state index in [4.69, 9.17) is 9.47 Å². The Morgan fingerprint density at radius 3 is 2.54 bits per heavy atom. The van der Waals surface area contributed by atoms with Crippen molar-refractivity contribution >= 4 is 6.09 Å². The highest BCUT2D eigenvalue weighted by atomic mass is 19.1. The highest BCUT2D eigenvalue weighted by molar-refractivity contribution is 5.68. The molecule has 0 aromatic heterocycles. The molecule has 3 N–H and O–H groups in total. The van der Waals surface area contributed by atoms with Crippen molar-refractivity contribution in [1.82, 2.24) is 10.2 Å². The number of nitrogens with one attached hydrogen (secondary N) is 1. The van der Waals surface area contributed by atoms with E-state index in [9.17, 15) is 19.4 Å². The second kappa shape index (κ2) is 10.0. The van der Waals surface area contributed by atoms with Gasteiger partial charge in [0.05, 0.1) is 25.3 Å². The van der Waals surface area contributed by atoms with Crippen LogP contribution in [0.3, 0.4) is 0 Å². The summed E-state index contributed by atoms with van der Waals surface area (Å²) in [6.45, 7) is 5.48. The number of amides is 1. The van der Waals surface area contributed by atoms with Crippen LogP contribution in [0.2, 0.25) is 0 Å². The van der Waals surface area contributed by atoms with E-state index < -0.39 is 30.6 Å². The molecule has 1 aromatic carbocycles. The zero-order valence-corrected chi connectivity index (χ0v) is 16.7. The average Bonchev–Trinajstić information content (AvgIpc) is 2.76. The third kappa shape index (κ3) is 7.26. The number of nitrogens with zero attached hydrogens (tertiary/aromatic N) is 1. The number of alkyl halides is 1. The summed E-state index contributed by atoms with van der Waals surface area (Å²) >= 11 is 0. The fraction of sp³-hybridized carbons (Fsp3) is 0.650. The van der Waals surface area contributed by atoms with Gasteiger partial charge in [-0.25, -0.2) is 9.18 Å². The van der Waals surface area contributed by atoms with Crippen LogP contribution in [0.1, 0.15) is 32.8 Å². The standard InChI is InChI=1S/C20H31FN2O5/c1-20(2,3)28-19(26)23-12-15(24)10-17(18(25)13-23)22-11-14-4-6-16(7-5-14)27-9-8-21/h4-7,15,17-18,22,24-25H,8-13H2,1-3H3/t15-,17-,18-/m1/s1. The number of hydrogen-bond acceptors (Lipinski definition) is 6. The molecule has 0 unspecified atom stereocenters. The number of rotatable bonds is 6. The van der Waals surface area contributed by atoms with Gasteiger partial charge in [0.1, 0.15) is 24.6 Å². The lowest BCUT2D eigenvalue weighted by Gasteiger charge is -2.28. The Morgan fingerprint density at radius 1 is 1.25 bits per heavy atom. The lowest BCUT2D eigenvalue weighted by molar-refractivity contribution is 0.0104. The van der Waals surface area contributed by atoms with Crippen molar-refractivity contribution in [2.75, 3.05) is 26.4 Å². The van der Waals surface area contributed by atoms with Gasteiger partial charge in [0.2, 0.25) is 0 Å². The molecule has 0 saturated carbocycles. The third-order valence-electron chi connectivity index (χ3n) is 4.32. The molecule has 7 nitrogen and oxygen atoms in total. The summed E-state index contributed by atoms with van der Waals surface area (Å²) in [7, 11) is 0. The minimum absolute atomic E-state index is 0.0257. The predicted molar refractivity (Wildman–Crippen MR) is 103 cm³/mol. The molecular formula is C20H31FN2O5. The lowest BCUT2D eigenvalue weighted by atomic mass is 10.0. The first-order chi connectivity index (χ1) is 13.2. The Bertz CT molecular complexity index is 620. The Balaban J connectivity index is 1.91. The van der Waals surface area contributed by atoms with Crippen molar-refractivity contribution in [3.8, 4) is 5.75 Å². The zero-order chi connectivity index (χ0) is 20.7. The molecule has 1 fully saturated rings. The molecule has 28 heavy (non-hydrogen) atoms. The largest absolute Gasteiger partial charge is 0.491 e. The molecule has 0 radical (unpaired) electrons. The highest BCUT2D eigenvalue weighted by Crippen LogP contribution is 2.18. The number of aliphatic hydroxyl groups is 2. The van der Waals surface area contributed by atoms with Crippen molar-refractivity contribution in [2.45, 2.75) is 57.6 Å². The molecule has 0 spiro atoms. The minimum atomic E-state index is -0.836. The van der Waals surface area contributed by atoms with E-state index in [1.54, 1.807) is 32.9 Å². The monoisotopic (exact) mass is 398 g/mol. The van der Waals surface area contributed by atoms with Crippen molar-refractivity contribution < 1.29 is 28.9 Å². The maximum atomic E-state index is 12.3. The highest BCUT2D eigenvalue weighted by Gasteiger charge is 2.33. The molecule has 0 bridgehead atoms. The van der Waals surface area contributed by atoms with Crippen LogP contribution in [0.4, 0.5) is 9.18 Å². The number of likely N-dealkylation sites (tertiary alicyclic amines) is 1. The summed E-state index contributed by atoms with van der Waals surface area (Å²) < 4.78 is 22.7. The van der Waals surface area contributed by atoms with E-state index in [0.717, 1.165) is 5.56 Å². The summed E-state index contributed by atoms with van der Waals surface area (Å²) in [5.41, 5.74) is 0.319. The summed E-state index contributed by atoms with van der Waals surface area (Å²) in [5, 5.41) is 24.0. The van der Waals surface area contributed by atoms with Crippen LogP contribution in [-0.2, 0) is 11.3 Å². The van der Waals surface area contributed by atoms with Gasteiger partial charge in [-0.2, -0.15) is 0 Å². The van der Waals surface area contributed by atoms with Crippen LogP contribution in [-0.4, -0.2) is 71.4 Å². The number of ether oxygens (including phenoxy) is 2. The molecule has 1 aliphatic rings. The molecular weight excluding hydrogens is 367 g/mol. The summed E-state index contributed by atoms with van der Waals surface area (Å²) in [6.07, 6.45) is -1.83. The number of halogens is 1. The van der Waals surface area contributed by atoms with Gasteiger partial charge in [-0.05, 0) is 44.9 Å². The van der Waals surface area contributed by atoms with Gasteiger partial charge in [0, 0.05) is 12.6 Å². The van der Waals surface area contributed by atoms with Crippen LogP contribution in [0.25, 0.3) is 0 Å². The van der Waals surface area contributed by atoms with Crippen LogP contribution >= 0.6 is 0 Å². The number of carbonyl (C=O) groups excluding carboxylic acids is 1. The summed E-state index contributed by atoms with van der Waals surface area (Å²) in [6, 6.07) is 6.86. The van der Waals surface area contributed by atoms with Gasteiger partial charge in [0.25, 0.3) is 0 Å². The Kier molecular flexibility index (Phi) is 8.03. The van der Waals surface area contributed by atoms with E-state index in [1.807, 2.05) is 12.1 Å². The molecule has 3 atom stereocenters. The first-order valence-electron chi connectivity index (χ1n) is 9.53. The quantitative estimate of drug-likeness (QED) is 0.678. The first-order valence-corrected chi connectivity index (χ1v) is 9.53. The topological polar surface area (TPSA) is 91.3 Å². The smallest absolute Gasteiger partial charge is 0.410 e. The van der Waals surface area contributed by atoms with E-state index in [1.165, 1.54) is 4.90 Å². The van der Waals surface area contributed by atoms with Crippen LogP contribution in [0.15, 0.2) is 24.3 Å². The maximum Gasteiger partial charge on any atom is 0.410 e. The molecule has 158 valence electrons.